The lowest BCUT2D eigenvalue weighted by Crippen LogP contribution is -2.00. The number of hydrogen-bond donors (Lipinski definition) is 1. The third-order valence-electron chi connectivity index (χ3n) is 2.60. The molecule has 2 aromatic rings. The predicted octanol–water partition coefficient (Wildman–Crippen LogP) is 3.20. The van der Waals surface area contributed by atoms with Crippen molar-refractivity contribution >= 4 is 17.7 Å². The van der Waals surface area contributed by atoms with E-state index in [0.29, 0.717) is 5.56 Å². The molecule has 0 saturated carbocycles. The molecule has 0 saturated heterocycles. The number of carbonyl (C=O) groups is 1. The van der Waals surface area contributed by atoms with Crippen LogP contribution in [-0.2, 0) is 4.74 Å². The fourth-order valence-electron chi connectivity index (χ4n) is 1.58. The Morgan fingerprint density at radius 2 is 1.85 bits per heavy atom. The summed E-state index contributed by atoms with van der Waals surface area (Å²) in [5.74, 6) is -0.416. The van der Waals surface area contributed by atoms with E-state index in [1.54, 1.807) is 36.4 Å². The van der Waals surface area contributed by atoms with Crippen molar-refractivity contribution in [2.24, 2.45) is 0 Å². The topological polar surface area (TPSA) is 70.3 Å². The molecule has 2 rings (SSSR count). The number of aromatic hydroxyl groups is 1. The molecule has 100 valence electrons. The van der Waals surface area contributed by atoms with E-state index in [2.05, 4.69) is 4.74 Å². The van der Waals surface area contributed by atoms with Gasteiger partial charge in [0, 0.05) is 9.79 Å². The second kappa shape index (κ2) is 6.13. The maximum atomic E-state index is 11.3. The van der Waals surface area contributed by atoms with Crippen molar-refractivity contribution in [1.29, 1.82) is 5.26 Å². The molecule has 0 heterocycles. The van der Waals surface area contributed by atoms with Gasteiger partial charge < -0.3 is 9.84 Å². The van der Waals surface area contributed by atoms with Crippen molar-refractivity contribution in [3.05, 3.63) is 53.6 Å². The van der Waals surface area contributed by atoms with Gasteiger partial charge in [0.15, 0.2) is 0 Å². The summed E-state index contributed by atoms with van der Waals surface area (Å²) in [6, 6.07) is 13.7. The first-order chi connectivity index (χ1) is 9.63. The number of hydrogen-bond acceptors (Lipinski definition) is 5. The van der Waals surface area contributed by atoms with Gasteiger partial charge in [0.2, 0.25) is 0 Å². The Balaban J connectivity index is 2.16. The number of methoxy groups -OCH3 is 1. The molecule has 0 aliphatic heterocycles. The Morgan fingerprint density at radius 3 is 2.40 bits per heavy atom. The number of ether oxygens (including phenoxy) is 1. The van der Waals surface area contributed by atoms with Crippen LogP contribution < -0.4 is 0 Å². The molecule has 0 fully saturated rings. The predicted molar refractivity (Wildman–Crippen MR) is 74.7 cm³/mol. The lowest BCUT2D eigenvalue weighted by Gasteiger charge is -2.04. The number of carbonyl (C=O) groups excluding carboxylic acids is 1. The summed E-state index contributed by atoms with van der Waals surface area (Å²) >= 11 is 1.43. The first-order valence-electron chi connectivity index (χ1n) is 5.73. The Hall–Kier alpha value is -2.45. The third-order valence-corrected chi connectivity index (χ3v) is 3.60. The summed E-state index contributed by atoms with van der Waals surface area (Å²) in [6.07, 6.45) is 0. The van der Waals surface area contributed by atoms with Crippen molar-refractivity contribution < 1.29 is 14.6 Å². The molecule has 0 bridgehead atoms. The number of nitriles is 1. The molecule has 4 nitrogen and oxygen atoms in total. The van der Waals surface area contributed by atoms with E-state index >= 15 is 0 Å². The van der Waals surface area contributed by atoms with Gasteiger partial charge in [-0.2, -0.15) is 5.26 Å². The molecule has 0 unspecified atom stereocenters. The van der Waals surface area contributed by atoms with Crippen LogP contribution in [0.1, 0.15) is 15.9 Å². The number of phenolic OH excluding ortho intramolecular Hbond substituents is 1. The lowest BCUT2D eigenvalue weighted by molar-refractivity contribution is 0.0600. The van der Waals surface area contributed by atoms with E-state index in [4.69, 9.17) is 5.26 Å². The highest BCUT2D eigenvalue weighted by atomic mass is 32.2. The minimum Gasteiger partial charge on any atom is -0.507 e. The Labute approximate surface area is 120 Å². The molecule has 0 aromatic heterocycles. The van der Waals surface area contributed by atoms with Gasteiger partial charge in [-0.1, -0.05) is 11.8 Å². The summed E-state index contributed by atoms with van der Waals surface area (Å²) in [5.41, 5.74) is 0.731. The fraction of sp³-hybridized carbons (Fsp3) is 0.0667. The van der Waals surface area contributed by atoms with Gasteiger partial charge in [-0.15, -0.1) is 0 Å². The van der Waals surface area contributed by atoms with E-state index in [1.807, 2.05) is 6.07 Å². The van der Waals surface area contributed by atoms with Crippen LogP contribution in [0.4, 0.5) is 0 Å². The van der Waals surface area contributed by atoms with Gasteiger partial charge in [0.25, 0.3) is 0 Å². The van der Waals surface area contributed by atoms with Gasteiger partial charge in [-0.05, 0) is 42.5 Å². The molecule has 0 amide bonds. The normalized spacial score (nSPS) is 9.80. The standard InChI is InChI=1S/C15H11NO3S/c1-19-15(18)10-2-5-12(6-3-10)20-13-7-4-11(9-16)14(17)8-13/h2-8,17H,1H3. The van der Waals surface area contributed by atoms with Crippen LogP contribution in [0.2, 0.25) is 0 Å². The average molecular weight is 285 g/mol. The van der Waals surface area contributed by atoms with Gasteiger partial charge in [0.1, 0.15) is 11.8 Å². The monoisotopic (exact) mass is 285 g/mol. The molecule has 0 atom stereocenters. The van der Waals surface area contributed by atoms with Gasteiger partial charge in [-0.3, -0.25) is 0 Å². The highest BCUT2D eigenvalue weighted by molar-refractivity contribution is 7.99. The van der Waals surface area contributed by atoms with Crippen molar-refractivity contribution in [1.82, 2.24) is 0 Å². The highest BCUT2D eigenvalue weighted by Crippen LogP contribution is 2.31. The summed E-state index contributed by atoms with van der Waals surface area (Å²) in [4.78, 5) is 13.0. The summed E-state index contributed by atoms with van der Waals surface area (Å²) in [6.45, 7) is 0. The first-order valence-corrected chi connectivity index (χ1v) is 6.55. The molecule has 20 heavy (non-hydrogen) atoms. The van der Waals surface area contributed by atoms with Crippen LogP contribution in [0.15, 0.2) is 52.3 Å². The van der Waals surface area contributed by atoms with Crippen molar-refractivity contribution in [2.75, 3.05) is 7.11 Å². The third kappa shape index (κ3) is 3.11. The zero-order valence-corrected chi connectivity index (χ0v) is 11.5. The Kier molecular flexibility index (Phi) is 4.28. The van der Waals surface area contributed by atoms with Crippen molar-refractivity contribution in [3.63, 3.8) is 0 Å². The maximum absolute atomic E-state index is 11.3. The average Bonchev–Trinajstić information content (AvgIpc) is 2.47. The molecule has 5 heteroatoms. The number of esters is 1. The number of nitrogens with zero attached hydrogens (tertiary/aromatic N) is 1. The highest BCUT2D eigenvalue weighted by Gasteiger charge is 2.06. The largest absolute Gasteiger partial charge is 0.507 e. The van der Waals surface area contributed by atoms with Crippen LogP contribution in [0.25, 0.3) is 0 Å². The van der Waals surface area contributed by atoms with E-state index < -0.39 is 0 Å². The van der Waals surface area contributed by atoms with Crippen LogP contribution in [0, 0.1) is 11.3 Å². The minimum atomic E-state index is -0.377. The van der Waals surface area contributed by atoms with Crippen LogP contribution in [-0.4, -0.2) is 18.2 Å². The summed E-state index contributed by atoms with van der Waals surface area (Å²) in [5, 5.41) is 18.4. The molecular formula is C15H11NO3S. The smallest absolute Gasteiger partial charge is 0.337 e. The van der Waals surface area contributed by atoms with Crippen LogP contribution in [0.5, 0.6) is 5.75 Å². The second-order valence-electron chi connectivity index (χ2n) is 3.91. The summed E-state index contributed by atoms with van der Waals surface area (Å²) < 4.78 is 4.63. The van der Waals surface area contributed by atoms with Gasteiger partial charge in [-0.25, -0.2) is 4.79 Å². The molecule has 2 aromatic carbocycles. The van der Waals surface area contributed by atoms with E-state index in [-0.39, 0.29) is 17.3 Å². The van der Waals surface area contributed by atoms with Crippen LogP contribution >= 0.6 is 11.8 Å². The van der Waals surface area contributed by atoms with Crippen molar-refractivity contribution in [3.8, 4) is 11.8 Å². The molecular weight excluding hydrogens is 274 g/mol. The zero-order valence-electron chi connectivity index (χ0n) is 10.7. The SMILES string of the molecule is COC(=O)c1ccc(Sc2ccc(C#N)c(O)c2)cc1. The fourth-order valence-corrected chi connectivity index (χ4v) is 2.43. The maximum Gasteiger partial charge on any atom is 0.337 e. The number of rotatable bonds is 3. The molecule has 0 spiro atoms. The minimum absolute atomic E-state index is 0.0383. The van der Waals surface area contributed by atoms with E-state index in [9.17, 15) is 9.90 Å². The van der Waals surface area contributed by atoms with Crippen LogP contribution in [0.3, 0.4) is 0 Å². The number of benzene rings is 2. The Morgan fingerprint density at radius 1 is 1.20 bits per heavy atom. The molecule has 0 aliphatic carbocycles. The second-order valence-corrected chi connectivity index (χ2v) is 5.06. The quantitative estimate of drug-likeness (QED) is 0.877. The Bertz CT molecular complexity index is 675. The number of phenols is 1. The molecule has 0 radical (unpaired) electrons. The van der Waals surface area contributed by atoms with Gasteiger partial charge >= 0.3 is 5.97 Å². The van der Waals surface area contributed by atoms with E-state index in [0.717, 1.165) is 9.79 Å². The first kappa shape index (κ1) is 14.0. The van der Waals surface area contributed by atoms with E-state index in [1.165, 1.54) is 24.9 Å². The summed E-state index contributed by atoms with van der Waals surface area (Å²) in [7, 11) is 1.34. The van der Waals surface area contributed by atoms with Gasteiger partial charge in [0.05, 0.1) is 18.2 Å². The molecule has 1 N–H and O–H groups in total. The zero-order chi connectivity index (χ0) is 14.5. The molecule has 0 aliphatic rings. The van der Waals surface area contributed by atoms with Crippen molar-refractivity contribution in [2.45, 2.75) is 9.79 Å². The lowest BCUT2D eigenvalue weighted by atomic mass is 10.2.